The van der Waals surface area contributed by atoms with Gasteiger partial charge in [-0.2, -0.15) is 0 Å². The average Bonchev–Trinajstić information content (AvgIpc) is 2.65. The van der Waals surface area contributed by atoms with E-state index < -0.39 is 5.97 Å². The van der Waals surface area contributed by atoms with Crippen LogP contribution in [0.5, 0.6) is 0 Å². The van der Waals surface area contributed by atoms with Crippen molar-refractivity contribution in [2.45, 2.75) is 39.4 Å². The number of hydrogen-bond donors (Lipinski definition) is 1. The second-order valence-electron chi connectivity index (χ2n) is 5.69. The molecule has 0 radical (unpaired) electrons. The summed E-state index contributed by atoms with van der Waals surface area (Å²) >= 11 is 1.08. The van der Waals surface area contributed by atoms with Crippen LogP contribution in [0.4, 0.5) is 5.69 Å². The van der Waals surface area contributed by atoms with Gasteiger partial charge < -0.3 is 20.4 Å². The van der Waals surface area contributed by atoms with Crippen molar-refractivity contribution in [1.82, 2.24) is 4.98 Å². The number of aryl methyl sites for hydroxylation is 1. The number of anilines is 1. The average molecular weight is 291 g/mol. The molecule has 0 saturated heterocycles. The van der Waals surface area contributed by atoms with Gasteiger partial charge in [0.25, 0.3) is 0 Å². The molecule has 0 bridgehead atoms. The third-order valence-corrected chi connectivity index (χ3v) is 4.77. The molecule has 0 saturated carbocycles. The summed E-state index contributed by atoms with van der Waals surface area (Å²) in [5.74, 6) is -1.25. The Kier molecular flexibility index (Phi) is 2.78. The number of carboxylic acid groups (broad SMARTS) is 1. The minimum atomic E-state index is -1.25. The second-order valence-corrected chi connectivity index (χ2v) is 6.69. The van der Waals surface area contributed by atoms with Crippen LogP contribution in [0.2, 0.25) is 0 Å². The maximum Gasteiger partial charge on any atom is 0.126 e. The normalized spacial score (nSPS) is 17.1. The topological polar surface area (TPSA) is 88.3 Å². The van der Waals surface area contributed by atoms with Crippen molar-refractivity contribution in [2.75, 3.05) is 5.73 Å². The summed E-state index contributed by atoms with van der Waals surface area (Å²) in [7, 11) is 0. The summed E-state index contributed by atoms with van der Waals surface area (Å²) in [6, 6.07) is 0. The van der Waals surface area contributed by atoms with Gasteiger partial charge in [-0.15, -0.1) is 11.3 Å². The van der Waals surface area contributed by atoms with Crippen LogP contribution in [-0.4, -0.2) is 16.6 Å². The lowest BCUT2D eigenvalue weighted by Gasteiger charge is -2.32. The fraction of sp³-hybridized carbons (Fsp3) is 0.429. The Morgan fingerprint density at radius 2 is 2.15 bits per heavy atom. The number of carbonyl (C=O) groups is 1. The molecule has 0 aliphatic carbocycles. The van der Waals surface area contributed by atoms with Gasteiger partial charge in [-0.1, -0.05) is 0 Å². The van der Waals surface area contributed by atoms with E-state index in [0.717, 1.165) is 33.5 Å². The van der Waals surface area contributed by atoms with Gasteiger partial charge in [-0.05, 0) is 26.3 Å². The highest BCUT2D eigenvalue weighted by molar-refractivity contribution is 7.21. The number of nitrogens with two attached hydrogens (primary N) is 1. The number of thiophene rings is 1. The lowest BCUT2D eigenvalue weighted by atomic mass is 9.89. The molecule has 20 heavy (non-hydrogen) atoms. The van der Waals surface area contributed by atoms with E-state index in [2.05, 4.69) is 4.98 Å². The van der Waals surface area contributed by atoms with Crippen molar-refractivity contribution >= 4 is 33.2 Å². The van der Waals surface area contributed by atoms with Crippen LogP contribution in [0.3, 0.4) is 0 Å². The zero-order valence-electron chi connectivity index (χ0n) is 11.6. The summed E-state index contributed by atoms with van der Waals surface area (Å²) in [4.78, 5) is 16.3. The number of pyridine rings is 1. The lowest BCUT2D eigenvalue weighted by molar-refractivity contribution is -0.254. The van der Waals surface area contributed by atoms with Gasteiger partial charge in [0.2, 0.25) is 0 Å². The fourth-order valence-corrected chi connectivity index (χ4v) is 3.68. The predicted octanol–water partition coefficient (Wildman–Crippen LogP) is 1.40. The van der Waals surface area contributed by atoms with E-state index in [0.29, 0.717) is 17.9 Å². The highest BCUT2D eigenvalue weighted by atomic mass is 32.1. The van der Waals surface area contributed by atoms with Crippen LogP contribution < -0.4 is 10.8 Å². The number of hydrogen-bond acceptors (Lipinski definition) is 6. The first-order chi connectivity index (χ1) is 9.30. The molecule has 2 N–H and O–H groups in total. The van der Waals surface area contributed by atoms with E-state index in [1.54, 1.807) is 0 Å². The van der Waals surface area contributed by atoms with Crippen molar-refractivity contribution in [3.05, 3.63) is 21.7 Å². The fourth-order valence-electron chi connectivity index (χ4n) is 2.67. The highest BCUT2D eigenvalue weighted by Gasteiger charge is 2.30. The standard InChI is InChI=1S/C14H16N2O3S/c1-6-8-5-19-14(2,3)4-7(8)9-10(15)11(13(17)18)20-12(9)16-6/h4-5,15H2,1-3H3,(H,17,18)/p-1. The van der Waals surface area contributed by atoms with E-state index in [1.165, 1.54) is 0 Å². The Bertz CT molecular complexity index is 734. The number of aromatic nitrogens is 1. The Morgan fingerprint density at radius 1 is 1.45 bits per heavy atom. The molecule has 0 atom stereocenters. The SMILES string of the molecule is Cc1nc2sc(C(=O)[O-])c(N)c2c2c1COC(C)(C)C2. The van der Waals surface area contributed by atoms with Crippen molar-refractivity contribution in [2.24, 2.45) is 0 Å². The third-order valence-electron chi connectivity index (χ3n) is 3.69. The summed E-state index contributed by atoms with van der Waals surface area (Å²) in [6.45, 7) is 6.42. The second kappa shape index (κ2) is 4.17. The van der Waals surface area contributed by atoms with Crippen molar-refractivity contribution in [3.8, 4) is 0 Å². The Balaban J connectivity index is 2.35. The Morgan fingerprint density at radius 3 is 2.80 bits per heavy atom. The maximum atomic E-state index is 11.1. The van der Waals surface area contributed by atoms with E-state index >= 15 is 0 Å². The van der Waals surface area contributed by atoms with Gasteiger partial charge in [0.05, 0.1) is 28.7 Å². The van der Waals surface area contributed by atoms with Crippen LogP contribution >= 0.6 is 11.3 Å². The number of nitrogen functional groups attached to an aromatic ring is 1. The molecule has 2 aromatic rings. The van der Waals surface area contributed by atoms with Crippen LogP contribution in [0.25, 0.3) is 10.2 Å². The quantitative estimate of drug-likeness (QED) is 0.858. The summed E-state index contributed by atoms with van der Waals surface area (Å²) < 4.78 is 5.81. The number of rotatable bonds is 1. The lowest BCUT2D eigenvalue weighted by Crippen LogP contribution is -2.32. The van der Waals surface area contributed by atoms with E-state index in [9.17, 15) is 9.90 Å². The molecule has 2 aromatic heterocycles. The molecule has 0 aromatic carbocycles. The Labute approximate surface area is 120 Å². The van der Waals surface area contributed by atoms with Gasteiger partial charge in [-0.3, -0.25) is 0 Å². The van der Waals surface area contributed by atoms with E-state index in [1.807, 2.05) is 20.8 Å². The molecule has 0 unspecified atom stereocenters. The molecule has 1 aliphatic rings. The van der Waals surface area contributed by atoms with Gasteiger partial charge in [0.15, 0.2) is 0 Å². The highest BCUT2D eigenvalue weighted by Crippen LogP contribution is 2.40. The first kappa shape index (κ1) is 13.3. The Hall–Kier alpha value is -1.66. The summed E-state index contributed by atoms with van der Waals surface area (Å²) in [5, 5.41) is 11.9. The van der Waals surface area contributed by atoms with Crippen LogP contribution in [-0.2, 0) is 17.8 Å². The monoisotopic (exact) mass is 291 g/mol. The largest absolute Gasteiger partial charge is 0.544 e. The van der Waals surface area contributed by atoms with Gasteiger partial charge in [0, 0.05) is 23.1 Å². The van der Waals surface area contributed by atoms with Gasteiger partial charge >= 0.3 is 0 Å². The first-order valence-electron chi connectivity index (χ1n) is 6.36. The summed E-state index contributed by atoms with van der Waals surface area (Å²) in [6.07, 6.45) is 0.690. The van der Waals surface area contributed by atoms with Gasteiger partial charge in [0.1, 0.15) is 4.83 Å². The number of nitrogens with zero attached hydrogens (tertiary/aromatic N) is 1. The minimum absolute atomic E-state index is 0.0598. The number of carbonyl (C=O) groups excluding carboxylic acids is 1. The van der Waals surface area contributed by atoms with Crippen LogP contribution in [0, 0.1) is 6.92 Å². The molecular weight excluding hydrogens is 276 g/mol. The maximum absolute atomic E-state index is 11.1. The zero-order chi connectivity index (χ0) is 14.7. The van der Waals surface area contributed by atoms with Crippen molar-refractivity contribution in [1.29, 1.82) is 0 Å². The number of carboxylic acids is 1. The molecule has 6 heteroatoms. The first-order valence-corrected chi connectivity index (χ1v) is 7.17. The van der Waals surface area contributed by atoms with Crippen molar-refractivity contribution < 1.29 is 14.6 Å². The molecule has 5 nitrogen and oxygen atoms in total. The molecule has 3 rings (SSSR count). The van der Waals surface area contributed by atoms with E-state index in [-0.39, 0.29) is 16.2 Å². The molecule has 1 aliphatic heterocycles. The molecule has 0 spiro atoms. The molecule has 0 fully saturated rings. The van der Waals surface area contributed by atoms with Crippen LogP contribution in [0.1, 0.15) is 40.3 Å². The third kappa shape index (κ3) is 1.87. The molecule has 0 amide bonds. The molecule has 106 valence electrons. The smallest absolute Gasteiger partial charge is 0.126 e. The number of fused-ring (bicyclic) bond motifs is 3. The molecule has 3 heterocycles. The van der Waals surface area contributed by atoms with E-state index in [4.69, 9.17) is 10.5 Å². The van der Waals surface area contributed by atoms with Gasteiger partial charge in [-0.25, -0.2) is 4.98 Å². The zero-order valence-corrected chi connectivity index (χ0v) is 12.4. The minimum Gasteiger partial charge on any atom is -0.544 e. The van der Waals surface area contributed by atoms with Crippen molar-refractivity contribution in [3.63, 3.8) is 0 Å². The number of ether oxygens (including phenoxy) is 1. The summed E-state index contributed by atoms with van der Waals surface area (Å²) in [5.41, 5.74) is 8.94. The predicted molar refractivity (Wildman–Crippen MR) is 75.7 cm³/mol. The van der Waals surface area contributed by atoms with Crippen LogP contribution in [0.15, 0.2) is 0 Å². The molecular formula is C14H15N2O3S-. The number of aromatic carboxylic acids is 1.